The predicted molar refractivity (Wildman–Crippen MR) is 70.7 cm³/mol. The molecule has 90 valence electrons. The van der Waals surface area contributed by atoms with E-state index in [-0.39, 0.29) is 0 Å². The van der Waals surface area contributed by atoms with Crippen molar-refractivity contribution in [2.75, 3.05) is 0 Å². The highest BCUT2D eigenvalue weighted by Gasteiger charge is 2.07. The van der Waals surface area contributed by atoms with Gasteiger partial charge in [-0.1, -0.05) is 66.2 Å². The first-order chi connectivity index (χ1) is 8.75. The second kappa shape index (κ2) is 6.34. The minimum Gasteiger partial charge on any atom is -0.216 e. The zero-order valence-electron chi connectivity index (χ0n) is 9.45. The Labute approximate surface area is 116 Å². The summed E-state index contributed by atoms with van der Waals surface area (Å²) < 4.78 is 0. The fourth-order valence-corrected chi connectivity index (χ4v) is 1.82. The van der Waals surface area contributed by atoms with Crippen LogP contribution in [0.5, 0.6) is 0 Å². The van der Waals surface area contributed by atoms with Gasteiger partial charge in [-0.3, -0.25) is 0 Å². The van der Waals surface area contributed by atoms with Crippen LogP contribution in [0.4, 0.5) is 0 Å². The smallest absolute Gasteiger partial charge is 0.216 e. The van der Waals surface area contributed by atoms with Crippen LogP contribution in [0.25, 0.3) is 11.4 Å². The minimum atomic E-state index is 0.357. The molecule has 0 atom stereocenters. The van der Waals surface area contributed by atoms with Crippen LogP contribution in [0.1, 0.15) is 0 Å². The largest absolute Gasteiger partial charge is 0.323 e. The molecule has 1 aromatic heterocycles. The Kier molecular flexibility index (Phi) is 4.51. The fraction of sp³-hybridized carbons (Fsp3) is 0. The summed E-state index contributed by atoms with van der Waals surface area (Å²) in [7, 11) is 0. The highest BCUT2D eigenvalue weighted by Crippen LogP contribution is 2.16. The molecule has 2 aromatic rings. The van der Waals surface area contributed by atoms with Crippen molar-refractivity contribution in [1.29, 1.82) is 0 Å². The van der Waals surface area contributed by atoms with Gasteiger partial charge in [0.05, 0.1) is 6.07 Å². The lowest BCUT2D eigenvalue weighted by Gasteiger charge is -1.96. The third-order valence-corrected chi connectivity index (χ3v) is 2.55. The van der Waals surface area contributed by atoms with Crippen molar-refractivity contribution in [1.82, 2.24) is 9.97 Å². The Morgan fingerprint density at radius 2 is 1.39 bits per heavy atom. The van der Waals surface area contributed by atoms with Gasteiger partial charge in [-0.05, 0) is 0 Å². The molecule has 0 aliphatic carbocycles. The van der Waals surface area contributed by atoms with Crippen LogP contribution in [-0.2, 0) is 0 Å². The second-order valence-electron chi connectivity index (χ2n) is 3.49. The van der Waals surface area contributed by atoms with Crippen molar-refractivity contribution < 1.29 is 11.6 Å². The molecule has 2 nitrogen and oxygen atoms in total. The standard InChI is InChI=1S/C14H11Cl2N2/c15-12-10-13(16)18-14(17-12)11-8-6-4-2-1-3-5-7-9-11/h1-10,15H/q+1. The Bertz CT molecular complexity index is 554. The maximum Gasteiger partial charge on any atom is 0.323 e. The van der Waals surface area contributed by atoms with Gasteiger partial charge in [0, 0.05) is 5.56 Å². The molecule has 0 spiro atoms. The Morgan fingerprint density at radius 3 is 1.94 bits per heavy atom. The first-order valence-electron chi connectivity index (χ1n) is 5.36. The van der Waals surface area contributed by atoms with E-state index in [9.17, 15) is 0 Å². The van der Waals surface area contributed by atoms with Gasteiger partial charge in [-0.2, -0.15) is 4.98 Å². The van der Waals surface area contributed by atoms with Crippen LogP contribution in [0.2, 0.25) is 10.3 Å². The second-order valence-corrected chi connectivity index (χ2v) is 4.29. The molecule has 0 aliphatic heterocycles. The summed E-state index contributed by atoms with van der Waals surface area (Å²) >= 11 is 10.9. The van der Waals surface area contributed by atoms with E-state index >= 15 is 0 Å². The van der Waals surface area contributed by atoms with Crippen molar-refractivity contribution in [3.05, 3.63) is 71.0 Å². The van der Waals surface area contributed by atoms with Crippen LogP contribution in [-0.4, -0.2) is 9.97 Å². The molecule has 0 radical (unpaired) electrons. The first-order valence-corrected chi connectivity index (χ1v) is 6.15. The molecule has 0 aliphatic rings. The van der Waals surface area contributed by atoms with E-state index in [1.165, 1.54) is 0 Å². The highest BCUT2D eigenvalue weighted by atomic mass is 35.5. The van der Waals surface area contributed by atoms with Gasteiger partial charge in [-0.15, -0.1) is 0 Å². The molecular formula is C14H11Cl2N2+. The molecule has 1 heterocycles. The van der Waals surface area contributed by atoms with E-state index < -0.39 is 0 Å². The number of halogens is 2. The zero-order valence-corrected chi connectivity index (χ0v) is 11.0. The van der Waals surface area contributed by atoms with Crippen LogP contribution in [0, 0.1) is 11.6 Å². The average Bonchev–Trinajstić information content (AvgIpc) is 2.34. The molecule has 0 bridgehead atoms. The summed E-state index contributed by atoms with van der Waals surface area (Å²) in [5.41, 5.74) is 0.861. The monoisotopic (exact) mass is 277 g/mol. The minimum absolute atomic E-state index is 0.357. The van der Waals surface area contributed by atoms with Gasteiger partial charge in [0.2, 0.25) is 0 Å². The van der Waals surface area contributed by atoms with E-state index in [4.69, 9.17) is 23.2 Å². The number of hydrogen-bond acceptors (Lipinski definition) is 2. The molecule has 0 unspecified atom stereocenters. The summed E-state index contributed by atoms with van der Waals surface area (Å²) in [4.78, 5) is 8.38. The number of hydrogen-bond donors (Lipinski definition) is 0. The predicted octanol–water partition coefficient (Wildman–Crippen LogP) is 3.62. The van der Waals surface area contributed by atoms with Gasteiger partial charge in [0.1, 0.15) is 5.15 Å². The van der Waals surface area contributed by atoms with Crippen molar-refractivity contribution >= 4 is 11.6 Å². The quantitative estimate of drug-likeness (QED) is 0.744. The molecule has 0 amide bonds. The first kappa shape index (κ1) is 12.8. The lowest BCUT2D eigenvalue weighted by molar-refractivity contribution is -0.296. The third-order valence-electron chi connectivity index (χ3n) is 2.15. The Balaban J connectivity index is 2.56. The molecule has 0 saturated carbocycles. The van der Waals surface area contributed by atoms with Gasteiger partial charge < -0.3 is 0 Å². The van der Waals surface area contributed by atoms with Crippen molar-refractivity contribution in [3.8, 4) is 11.4 Å². The fourth-order valence-electron chi connectivity index (χ4n) is 1.37. The SMILES string of the molecule is Clc1cc([ClH+])nc(-c2ccccccccc2)n1. The average molecular weight is 278 g/mol. The lowest BCUT2D eigenvalue weighted by Crippen LogP contribution is -1.90. The van der Waals surface area contributed by atoms with E-state index in [1.54, 1.807) is 6.07 Å². The Morgan fingerprint density at radius 1 is 0.833 bits per heavy atom. The van der Waals surface area contributed by atoms with E-state index in [0.717, 1.165) is 5.56 Å². The van der Waals surface area contributed by atoms with E-state index in [2.05, 4.69) is 9.97 Å². The molecule has 18 heavy (non-hydrogen) atoms. The molecular weight excluding hydrogens is 267 g/mol. The van der Waals surface area contributed by atoms with Gasteiger partial charge in [-0.25, -0.2) is 4.98 Å². The van der Waals surface area contributed by atoms with Gasteiger partial charge in [0.25, 0.3) is 0 Å². The summed E-state index contributed by atoms with van der Waals surface area (Å²) in [5.74, 6) is 0.534. The number of nitrogens with zero attached hydrogens (tertiary/aromatic N) is 2. The van der Waals surface area contributed by atoms with E-state index in [0.29, 0.717) is 16.1 Å². The lowest BCUT2D eigenvalue weighted by atomic mass is 10.2. The summed E-state index contributed by atoms with van der Waals surface area (Å²) in [5, 5.41) is 0.798. The zero-order chi connectivity index (χ0) is 12.8. The van der Waals surface area contributed by atoms with Crippen molar-refractivity contribution in [2.24, 2.45) is 0 Å². The summed E-state index contributed by atoms with van der Waals surface area (Å²) in [6, 6.07) is 18.9. The van der Waals surface area contributed by atoms with Gasteiger partial charge >= 0.3 is 5.15 Å². The van der Waals surface area contributed by atoms with Crippen molar-refractivity contribution in [3.63, 3.8) is 0 Å². The van der Waals surface area contributed by atoms with Crippen LogP contribution in [0.15, 0.2) is 60.7 Å². The molecule has 0 N–H and O–H groups in total. The third kappa shape index (κ3) is 3.69. The van der Waals surface area contributed by atoms with Crippen LogP contribution < -0.4 is 0 Å². The molecule has 4 heteroatoms. The van der Waals surface area contributed by atoms with Crippen molar-refractivity contribution in [2.45, 2.75) is 0 Å². The normalized spacial score (nSPS) is 9.67. The molecule has 0 saturated heterocycles. The molecule has 2 rings (SSSR count). The van der Waals surface area contributed by atoms with Gasteiger partial charge in [0.15, 0.2) is 17.4 Å². The maximum atomic E-state index is 5.89. The summed E-state index contributed by atoms with van der Waals surface area (Å²) in [6.07, 6.45) is 0. The van der Waals surface area contributed by atoms with Crippen LogP contribution in [0.3, 0.4) is 0 Å². The van der Waals surface area contributed by atoms with Crippen LogP contribution >= 0.6 is 11.6 Å². The summed E-state index contributed by atoms with van der Waals surface area (Å²) in [6.45, 7) is 0. The number of aromatic nitrogens is 2. The highest BCUT2D eigenvalue weighted by molar-refractivity contribution is 6.29. The van der Waals surface area contributed by atoms with E-state index in [1.807, 2.05) is 54.6 Å². The topological polar surface area (TPSA) is 25.8 Å². The number of rotatable bonds is 1. The maximum absolute atomic E-state index is 5.89. The molecule has 0 fully saturated rings. The Hall–Kier alpha value is -1.64. The molecule has 1 aromatic carbocycles.